The number of fused-ring (bicyclic) bond motifs is 1. The molecule has 0 aliphatic carbocycles. The Labute approximate surface area is 178 Å². The molecule has 0 aliphatic heterocycles. The van der Waals surface area contributed by atoms with Gasteiger partial charge in [-0.2, -0.15) is 0 Å². The predicted molar refractivity (Wildman–Crippen MR) is 123 cm³/mol. The van der Waals surface area contributed by atoms with E-state index in [-0.39, 0.29) is 5.91 Å². The van der Waals surface area contributed by atoms with Crippen LogP contribution in [0.3, 0.4) is 0 Å². The lowest BCUT2D eigenvalue weighted by Gasteiger charge is -2.11. The topological polar surface area (TPSA) is 55.4 Å². The van der Waals surface area contributed by atoms with Gasteiger partial charge in [0.2, 0.25) is 0 Å². The molecule has 1 N–H and O–H groups in total. The molecule has 1 amide bonds. The zero-order chi connectivity index (χ0) is 20.9. The number of hydrogen-bond donors (Lipinski definition) is 1. The Bertz CT molecular complexity index is 1240. The largest absolute Gasteiger partial charge is 0.424 e. The van der Waals surface area contributed by atoms with Gasteiger partial charge in [0.05, 0.1) is 5.69 Å². The quantitative estimate of drug-likeness (QED) is 0.239. The normalized spacial score (nSPS) is 11.0. The fourth-order valence-corrected chi connectivity index (χ4v) is 3.83. The van der Waals surface area contributed by atoms with Gasteiger partial charge in [0, 0.05) is 17.2 Å². The van der Waals surface area contributed by atoms with Crippen molar-refractivity contribution < 1.29 is 14.3 Å². The van der Waals surface area contributed by atoms with Crippen LogP contribution in [0.2, 0.25) is 0 Å². The lowest BCUT2D eigenvalue weighted by atomic mass is 10.1. The summed E-state index contributed by atoms with van der Waals surface area (Å²) in [5.74, 6) is -0.408. The first-order valence-electron chi connectivity index (χ1n) is 9.43. The molecule has 30 heavy (non-hydrogen) atoms. The van der Waals surface area contributed by atoms with E-state index in [1.165, 1.54) is 17.0 Å². The number of benzene rings is 3. The second-order valence-electron chi connectivity index (χ2n) is 6.72. The summed E-state index contributed by atoms with van der Waals surface area (Å²) >= 11 is 1.72. The van der Waals surface area contributed by atoms with Gasteiger partial charge < -0.3 is 10.1 Å². The van der Waals surface area contributed by atoms with Gasteiger partial charge in [-0.3, -0.25) is 9.59 Å². The molecule has 5 heteroatoms. The van der Waals surface area contributed by atoms with E-state index in [1.807, 2.05) is 24.3 Å². The van der Waals surface area contributed by atoms with E-state index in [9.17, 15) is 9.59 Å². The summed E-state index contributed by atoms with van der Waals surface area (Å²) in [4.78, 5) is 24.0. The molecule has 0 fully saturated rings. The van der Waals surface area contributed by atoms with Crippen LogP contribution in [-0.2, 0) is 4.79 Å². The Morgan fingerprint density at radius 3 is 2.40 bits per heavy atom. The maximum atomic E-state index is 12.6. The third-order valence-corrected chi connectivity index (χ3v) is 5.38. The predicted octanol–water partition coefficient (Wildman–Crippen LogP) is 6.25. The van der Waals surface area contributed by atoms with Crippen molar-refractivity contribution in [3.8, 4) is 5.75 Å². The molecule has 0 unspecified atom stereocenters. The Balaban J connectivity index is 1.61. The van der Waals surface area contributed by atoms with Crippen LogP contribution in [0.5, 0.6) is 5.75 Å². The Hall–Kier alpha value is -3.70. The first-order valence-corrected chi connectivity index (χ1v) is 10.3. The molecule has 4 rings (SSSR count). The smallest absolute Gasteiger partial charge is 0.308 e. The minimum absolute atomic E-state index is 0.270. The van der Waals surface area contributed by atoms with E-state index in [0.717, 1.165) is 11.1 Å². The number of hydrogen-bond acceptors (Lipinski definition) is 4. The van der Waals surface area contributed by atoms with Crippen molar-refractivity contribution in [3.05, 3.63) is 94.9 Å². The van der Waals surface area contributed by atoms with Crippen molar-refractivity contribution in [2.75, 3.05) is 5.32 Å². The summed E-state index contributed by atoms with van der Waals surface area (Å²) in [7, 11) is 0. The Morgan fingerprint density at radius 2 is 1.63 bits per heavy atom. The van der Waals surface area contributed by atoms with Gasteiger partial charge in [0.1, 0.15) is 0 Å². The van der Waals surface area contributed by atoms with E-state index >= 15 is 0 Å². The van der Waals surface area contributed by atoms with Crippen LogP contribution >= 0.6 is 11.3 Å². The lowest BCUT2D eigenvalue weighted by Crippen LogP contribution is -2.13. The van der Waals surface area contributed by atoms with E-state index in [4.69, 9.17) is 4.74 Å². The SMILES string of the molecule is CC(=O)Oc1ccc(/C=C/c2ccc3sccc3c2)cc1NC(=O)c1ccccc1. The average molecular weight is 413 g/mol. The van der Waals surface area contributed by atoms with Gasteiger partial charge in [-0.1, -0.05) is 42.5 Å². The molecule has 148 valence electrons. The monoisotopic (exact) mass is 413 g/mol. The lowest BCUT2D eigenvalue weighted by molar-refractivity contribution is -0.131. The number of rotatable bonds is 5. The second kappa shape index (κ2) is 8.76. The molecular weight excluding hydrogens is 394 g/mol. The number of nitrogens with one attached hydrogen (secondary N) is 1. The molecule has 0 bridgehead atoms. The minimum Gasteiger partial charge on any atom is -0.424 e. The highest BCUT2D eigenvalue weighted by molar-refractivity contribution is 7.17. The highest BCUT2D eigenvalue weighted by Gasteiger charge is 2.12. The maximum absolute atomic E-state index is 12.6. The minimum atomic E-state index is -0.447. The van der Waals surface area contributed by atoms with E-state index in [1.54, 1.807) is 47.7 Å². The number of amides is 1. The molecule has 0 radical (unpaired) electrons. The molecule has 3 aromatic carbocycles. The van der Waals surface area contributed by atoms with Crippen molar-refractivity contribution in [1.82, 2.24) is 0 Å². The van der Waals surface area contributed by atoms with Gasteiger partial charge in [-0.05, 0) is 64.4 Å². The standard InChI is InChI=1S/C25H19NO3S/c1-17(27)29-23-11-9-19(8-7-18-10-12-24-21(15-18)13-14-30-24)16-22(23)26-25(28)20-5-3-2-4-6-20/h2-16H,1H3,(H,26,28)/b8-7+. The van der Waals surface area contributed by atoms with E-state index < -0.39 is 5.97 Å². The summed E-state index contributed by atoms with van der Waals surface area (Å²) in [5, 5.41) is 6.13. The van der Waals surface area contributed by atoms with E-state index in [2.05, 4.69) is 35.0 Å². The van der Waals surface area contributed by atoms with Crippen molar-refractivity contribution in [3.63, 3.8) is 0 Å². The molecule has 4 aromatic rings. The highest BCUT2D eigenvalue weighted by atomic mass is 32.1. The number of esters is 1. The van der Waals surface area contributed by atoms with Gasteiger partial charge in [0.25, 0.3) is 5.91 Å². The zero-order valence-electron chi connectivity index (χ0n) is 16.3. The number of anilines is 1. The maximum Gasteiger partial charge on any atom is 0.308 e. The molecule has 0 aliphatic rings. The Kier molecular flexibility index (Phi) is 5.72. The van der Waals surface area contributed by atoms with Gasteiger partial charge in [0.15, 0.2) is 5.75 Å². The van der Waals surface area contributed by atoms with Crippen LogP contribution in [0.1, 0.15) is 28.4 Å². The van der Waals surface area contributed by atoms with E-state index in [0.29, 0.717) is 17.0 Å². The molecule has 1 heterocycles. The number of carbonyl (C=O) groups excluding carboxylic acids is 2. The summed E-state index contributed by atoms with van der Waals surface area (Å²) in [5.41, 5.74) is 2.92. The molecule has 4 nitrogen and oxygen atoms in total. The van der Waals surface area contributed by atoms with Crippen LogP contribution in [0.25, 0.3) is 22.2 Å². The highest BCUT2D eigenvalue weighted by Crippen LogP contribution is 2.28. The first-order chi connectivity index (χ1) is 14.6. The van der Waals surface area contributed by atoms with Crippen molar-refractivity contribution in [1.29, 1.82) is 0 Å². The molecular formula is C25H19NO3S. The van der Waals surface area contributed by atoms with Crippen molar-refractivity contribution in [2.24, 2.45) is 0 Å². The van der Waals surface area contributed by atoms with Crippen molar-refractivity contribution in [2.45, 2.75) is 6.92 Å². The number of thiophene rings is 1. The fraction of sp³-hybridized carbons (Fsp3) is 0.0400. The zero-order valence-corrected chi connectivity index (χ0v) is 17.1. The molecule has 0 saturated heterocycles. The fourth-order valence-electron chi connectivity index (χ4n) is 3.06. The molecule has 0 spiro atoms. The molecule has 0 saturated carbocycles. The summed E-state index contributed by atoms with van der Waals surface area (Å²) in [6, 6.07) is 22.6. The summed E-state index contributed by atoms with van der Waals surface area (Å²) < 4.78 is 6.52. The Morgan fingerprint density at radius 1 is 0.900 bits per heavy atom. The van der Waals surface area contributed by atoms with Crippen LogP contribution in [0.15, 0.2) is 78.2 Å². The van der Waals surface area contributed by atoms with Crippen LogP contribution < -0.4 is 10.1 Å². The second-order valence-corrected chi connectivity index (χ2v) is 7.67. The molecule has 0 atom stereocenters. The summed E-state index contributed by atoms with van der Waals surface area (Å²) in [6.07, 6.45) is 3.98. The van der Waals surface area contributed by atoms with Gasteiger partial charge in [-0.15, -0.1) is 11.3 Å². The van der Waals surface area contributed by atoms with Crippen LogP contribution in [-0.4, -0.2) is 11.9 Å². The first kappa shape index (κ1) is 19.6. The number of ether oxygens (including phenoxy) is 1. The van der Waals surface area contributed by atoms with Crippen molar-refractivity contribution >= 4 is 51.1 Å². The van der Waals surface area contributed by atoms with Crippen LogP contribution in [0.4, 0.5) is 5.69 Å². The average Bonchev–Trinajstić information content (AvgIpc) is 3.22. The molecule has 1 aromatic heterocycles. The number of carbonyl (C=O) groups is 2. The third kappa shape index (κ3) is 4.64. The third-order valence-electron chi connectivity index (χ3n) is 4.49. The van der Waals surface area contributed by atoms with Gasteiger partial charge in [-0.25, -0.2) is 0 Å². The van der Waals surface area contributed by atoms with Gasteiger partial charge >= 0.3 is 5.97 Å². The van der Waals surface area contributed by atoms with Crippen LogP contribution in [0, 0.1) is 0 Å². The summed E-state index contributed by atoms with van der Waals surface area (Å²) in [6.45, 7) is 1.33.